The SMILES string of the molecule is COc1ccc(-n2nc(C(N)=S)c(=O)cc2C)cc1. The van der Waals surface area contributed by atoms with Crippen LogP contribution in [0, 0.1) is 6.92 Å². The smallest absolute Gasteiger partial charge is 0.210 e. The molecule has 0 fully saturated rings. The summed E-state index contributed by atoms with van der Waals surface area (Å²) >= 11 is 4.82. The van der Waals surface area contributed by atoms with E-state index in [4.69, 9.17) is 22.7 Å². The predicted octanol–water partition coefficient (Wildman–Crippen LogP) is 1.18. The van der Waals surface area contributed by atoms with Crippen LogP contribution < -0.4 is 15.9 Å². The first kappa shape index (κ1) is 13.2. The summed E-state index contributed by atoms with van der Waals surface area (Å²) < 4.78 is 6.72. The van der Waals surface area contributed by atoms with Gasteiger partial charge in [0, 0.05) is 11.8 Å². The first-order valence-corrected chi connectivity index (χ1v) is 5.99. The van der Waals surface area contributed by atoms with E-state index in [0.717, 1.165) is 11.4 Å². The highest BCUT2D eigenvalue weighted by molar-refractivity contribution is 7.80. The van der Waals surface area contributed by atoms with Crippen molar-refractivity contribution in [2.24, 2.45) is 5.73 Å². The van der Waals surface area contributed by atoms with Crippen molar-refractivity contribution in [3.8, 4) is 11.4 Å². The van der Waals surface area contributed by atoms with E-state index in [1.54, 1.807) is 18.7 Å². The number of aryl methyl sites for hydroxylation is 1. The fraction of sp³-hybridized carbons (Fsp3) is 0.154. The number of hydrogen-bond donors (Lipinski definition) is 1. The van der Waals surface area contributed by atoms with Crippen LogP contribution in [-0.2, 0) is 0 Å². The maximum Gasteiger partial charge on any atom is 0.210 e. The lowest BCUT2D eigenvalue weighted by Gasteiger charge is -2.11. The minimum Gasteiger partial charge on any atom is -0.497 e. The van der Waals surface area contributed by atoms with Crippen LogP contribution in [0.3, 0.4) is 0 Å². The molecular weight excluding hydrogens is 262 g/mol. The molecule has 0 saturated heterocycles. The van der Waals surface area contributed by atoms with Crippen LogP contribution in [0.5, 0.6) is 5.75 Å². The molecule has 1 heterocycles. The van der Waals surface area contributed by atoms with Crippen LogP contribution in [0.25, 0.3) is 5.69 Å². The van der Waals surface area contributed by atoms with Gasteiger partial charge in [0.2, 0.25) is 5.43 Å². The molecule has 0 aliphatic carbocycles. The van der Waals surface area contributed by atoms with Gasteiger partial charge in [0.1, 0.15) is 10.7 Å². The summed E-state index contributed by atoms with van der Waals surface area (Å²) in [5.74, 6) is 0.747. The molecule has 1 aromatic carbocycles. The molecule has 1 aromatic heterocycles. The third kappa shape index (κ3) is 2.63. The molecule has 6 heteroatoms. The Labute approximate surface area is 115 Å². The van der Waals surface area contributed by atoms with Gasteiger partial charge in [-0.2, -0.15) is 5.10 Å². The van der Waals surface area contributed by atoms with E-state index in [1.165, 1.54) is 6.07 Å². The minimum absolute atomic E-state index is 0.00717. The summed E-state index contributed by atoms with van der Waals surface area (Å²) in [7, 11) is 1.60. The first-order chi connectivity index (χ1) is 9.02. The quantitative estimate of drug-likeness (QED) is 0.852. The Morgan fingerprint density at radius 2 is 2.00 bits per heavy atom. The second-order valence-corrected chi connectivity index (χ2v) is 4.41. The molecule has 0 bridgehead atoms. The Kier molecular flexibility index (Phi) is 3.62. The third-order valence-electron chi connectivity index (χ3n) is 2.66. The summed E-state index contributed by atoms with van der Waals surface area (Å²) in [4.78, 5) is 11.7. The predicted molar refractivity (Wildman–Crippen MR) is 77.0 cm³/mol. The number of hydrogen-bond acceptors (Lipinski definition) is 4. The molecule has 5 nitrogen and oxygen atoms in total. The minimum atomic E-state index is -0.269. The first-order valence-electron chi connectivity index (χ1n) is 5.58. The monoisotopic (exact) mass is 275 g/mol. The lowest BCUT2D eigenvalue weighted by atomic mass is 10.2. The highest BCUT2D eigenvalue weighted by atomic mass is 32.1. The van der Waals surface area contributed by atoms with Crippen molar-refractivity contribution in [3.05, 3.63) is 51.9 Å². The van der Waals surface area contributed by atoms with E-state index in [-0.39, 0.29) is 16.1 Å². The Morgan fingerprint density at radius 1 is 1.37 bits per heavy atom. The number of nitrogens with two attached hydrogens (primary N) is 1. The Morgan fingerprint density at radius 3 is 2.53 bits per heavy atom. The number of benzene rings is 1. The molecule has 0 aliphatic heterocycles. The molecule has 0 unspecified atom stereocenters. The van der Waals surface area contributed by atoms with Gasteiger partial charge in [0.15, 0.2) is 5.69 Å². The molecule has 2 N–H and O–H groups in total. The number of aromatic nitrogens is 2. The lowest BCUT2D eigenvalue weighted by Crippen LogP contribution is -2.26. The molecular formula is C13H13N3O2S. The topological polar surface area (TPSA) is 70.1 Å². The van der Waals surface area contributed by atoms with E-state index in [1.807, 2.05) is 24.3 Å². The van der Waals surface area contributed by atoms with Gasteiger partial charge < -0.3 is 10.5 Å². The zero-order valence-electron chi connectivity index (χ0n) is 10.6. The summed E-state index contributed by atoms with van der Waals surface area (Å²) in [5.41, 5.74) is 6.82. The van der Waals surface area contributed by atoms with Crippen molar-refractivity contribution < 1.29 is 4.74 Å². The van der Waals surface area contributed by atoms with Gasteiger partial charge in [-0.3, -0.25) is 4.79 Å². The van der Waals surface area contributed by atoms with Crippen LogP contribution >= 0.6 is 12.2 Å². The average molecular weight is 275 g/mol. The Balaban J connectivity index is 2.57. The average Bonchev–Trinajstić information content (AvgIpc) is 2.38. The largest absolute Gasteiger partial charge is 0.497 e. The fourth-order valence-corrected chi connectivity index (χ4v) is 1.84. The zero-order chi connectivity index (χ0) is 14.0. The number of rotatable bonds is 3. The van der Waals surface area contributed by atoms with Crippen molar-refractivity contribution in [2.75, 3.05) is 7.11 Å². The maximum atomic E-state index is 11.7. The van der Waals surface area contributed by atoms with Crippen LogP contribution in [0.15, 0.2) is 35.1 Å². The van der Waals surface area contributed by atoms with Gasteiger partial charge in [0.05, 0.1) is 12.8 Å². The van der Waals surface area contributed by atoms with E-state index >= 15 is 0 Å². The number of ether oxygens (including phenoxy) is 1. The molecule has 0 saturated carbocycles. The third-order valence-corrected chi connectivity index (χ3v) is 2.85. The lowest BCUT2D eigenvalue weighted by molar-refractivity contribution is 0.414. The maximum absolute atomic E-state index is 11.7. The van der Waals surface area contributed by atoms with Crippen LogP contribution in [0.1, 0.15) is 11.4 Å². The summed E-state index contributed by atoms with van der Waals surface area (Å²) in [6, 6.07) is 8.77. The summed E-state index contributed by atoms with van der Waals surface area (Å²) in [5, 5.41) is 4.19. The van der Waals surface area contributed by atoms with E-state index in [0.29, 0.717) is 5.69 Å². The molecule has 0 amide bonds. The van der Waals surface area contributed by atoms with Gasteiger partial charge in [-0.25, -0.2) is 4.68 Å². The van der Waals surface area contributed by atoms with Gasteiger partial charge in [-0.15, -0.1) is 0 Å². The van der Waals surface area contributed by atoms with Gasteiger partial charge >= 0.3 is 0 Å². The second-order valence-electron chi connectivity index (χ2n) is 3.97. The van der Waals surface area contributed by atoms with Crippen LogP contribution in [0.4, 0.5) is 0 Å². The highest BCUT2D eigenvalue weighted by Gasteiger charge is 2.09. The number of methoxy groups -OCH3 is 1. The molecule has 0 spiro atoms. The van der Waals surface area contributed by atoms with Crippen LogP contribution in [0.2, 0.25) is 0 Å². The molecule has 2 rings (SSSR count). The Hall–Kier alpha value is -2.21. The van der Waals surface area contributed by atoms with Crippen LogP contribution in [-0.4, -0.2) is 21.9 Å². The molecule has 2 aromatic rings. The van der Waals surface area contributed by atoms with Gasteiger partial charge in [-0.05, 0) is 31.2 Å². The molecule has 98 valence electrons. The normalized spacial score (nSPS) is 10.2. The second kappa shape index (κ2) is 5.19. The van der Waals surface area contributed by atoms with E-state index in [2.05, 4.69) is 5.10 Å². The fourth-order valence-electron chi connectivity index (χ4n) is 1.70. The van der Waals surface area contributed by atoms with Gasteiger partial charge in [-0.1, -0.05) is 12.2 Å². The molecule has 0 aliphatic rings. The standard InChI is InChI=1S/C13H13N3O2S/c1-8-7-11(17)12(13(14)19)15-16(8)9-3-5-10(18-2)6-4-9/h3-7H,1-2H3,(H2,14,19). The van der Waals surface area contributed by atoms with E-state index in [9.17, 15) is 4.79 Å². The number of thiocarbonyl (C=S) groups is 1. The van der Waals surface area contributed by atoms with Crippen molar-refractivity contribution >= 4 is 17.2 Å². The molecule has 0 radical (unpaired) electrons. The Bertz CT molecular complexity index is 677. The van der Waals surface area contributed by atoms with Gasteiger partial charge in [0.25, 0.3) is 0 Å². The van der Waals surface area contributed by atoms with E-state index < -0.39 is 0 Å². The van der Waals surface area contributed by atoms with Crippen molar-refractivity contribution in [1.82, 2.24) is 9.78 Å². The summed E-state index contributed by atoms with van der Waals surface area (Å²) in [6.07, 6.45) is 0. The highest BCUT2D eigenvalue weighted by Crippen LogP contribution is 2.15. The summed E-state index contributed by atoms with van der Waals surface area (Å²) in [6.45, 7) is 1.79. The zero-order valence-corrected chi connectivity index (χ0v) is 11.4. The van der Waals surface area contributed by atoms with Crippen molar-refractivity contribution in [3.63, 3.8) is 0 Å². The van der Waals surface area contributed by atoms with Crippen molar-refractivity contribution in [2.45, 2.75) is 6.92 Å². The van der Waals surface area contributed by atoms with Crippen molar-refractivity contribution in [1.29, 1.82) is 0 Å². The molecule has 0 atom stereocenters. The number of nitrogens with zero attached hydrogens (tertiary/aromatic N) is 2. The molecule has 19 heavy (non-hydrogen) atoms.